The molecular formula is C8H8F3N3O3. The minimum Gasteiger partial charge on any atom is -0.358 e. The average molecular weight is 251 g/mol. The third-order valence-electron chi connectivity index (χ3n) is 1.91. The molecule has 0 bridgehead atoms. The van der Waals surface area contributed by atoms with E-state index >= 15 is 0 Å². The van der Waals surface area contributed by atoms with Gasteiger partial charge in [-0.2, -0.15) is 13.2 Å². The number of nitro groups is 1. The van der Waals surface area contributed by atoms with Gasteiger partial charge in [0.15, 0.2) is 18.7 Å². The van der Waals surface area contributed by atoms with E-state index in [0.29, 0.717) is 0 Å². The predicted molar refractivity (Wildman–Crippen MR) is 49.2 cm³/mol. The lowest BCUT2D eigenvalue weighted by molar-refractivity contribution is -0.392. The molecule has 0 saturated carbocycles. The maximum absolute atomic E-state index is 11.8. The van der Waals surface area contributed by atoms with Gasteiger partial charge in [-0.05, 0) is 4.92 Å². The van der Waals surface area contributed by atoms with E-state index in [4.69, 9.17) is 0 Å². The largest absolute Gasteiger partial charge is 0.389 e. The predicted octanol–water partition coefficient (Wildman–Crippen LogP) is 1.70. The molecule has 1 aromatic rings. The lowest BCUT2D eigenvalue weighted by Gasteiger charge is -2.04. The minimum absolute atomic E-state index is 0.426. The molecule has 0 aromatic carbocycles. The Hall–Kier alpha value is -1.93. The van der Waals surface area contributed by atoms with E-state index in [0.717, 1.165) is 17.1 Å². The maximum atomic E-state index is 11.8. The van der Waals surface area contributed by atoms with Crippen molar-refractivity contribution in [2.45, 2.75) is 25.6 Å². The molecule has 0 atom stereocenters. The van der Waals surface area contributed by atoms with Gasteiger partial charge in [0.1, 0.15) is 6.20 Å². The molecular weight excluding hydrogens is 243 g/mol. The van der Waals surface area contributed by atoms with Crippen LogP contribution < -0.4 is 0 Å². The molecule has 0 spiro atoms. The quantitative estimate of drug-likeness (QED) is 0.589. The van der Waals surface area contributed by atoms with Crippen LogP contribution in [-0.4, -0.2) is 26.4 Å². The van der Waals surface area contributed by atoms with Crippen molar-refractivity contribution >= 4 is 11.6 Å². The molecule has 0 unspecified atom stereocenters. The van der Waals surface area contributed by atoms with E-state index < -0.39 is 42.1 Å². The van der Waals surface area contributed by atoms with Gasteiger partial charge < -0.3 is 10.1 Å². The fraction of sp³-hybridized carbons (Fsp3) is 0.500. The number of hydrogen-bond acceptors (Lipinski definition) is 4. The van der Waals surface area contributed by atoms with Crippen LogP contribution in [0.15, 0.2) is 12.5 Å². The Bertz CT molecular complexity index is 427. The second-order valence-corrected chi connectivity index (χ2v) is 3.29. The lowest BCUT2D eigenvalue weighted by atomic mass is 10.2. The summed E-state index contributed by atoms with van der Waals surface area (Å²) < 4.78 is 36.4. The molecule has 0 aliphatic rings. The highest BCUT2D eigenvalue weighted by Crippen LogP contribution is 2.21. The number of Topliss-reactive ketones (excluding diaryl/α,β-unsaturated/α-hetero) is 1. The number of alkyl halides is 3. The van der Waals surface area contributed by atoms with E-state index in [1.54, 1.807) is 0 Å². The average Bonchev–Trinajstić information content (AvgIpc) is 2.62. The van der Waals surface area contributed by atoms with E-state index in [1.807, 2.05) is 0 Å². The SMILES string of the molecule is O=C(CCC(F)(F)F)Cn1cncc1[N+](=O)[O-]. The van der Waals surface area contributed by atoms with E-state index in [-0.39, 0.29) is 0 Å². The van der Waals surface area contributed by atoms with Crippen LogP contribution in [0.5, 0.6) is 0 Å². The van der Waals surface area contributed by atoms with Gasteiger partial charge in [0, 0.05) is 6.42 Å². The summed E-state index contributed by atoms with van der Waals surface area (Å²) in [5.41, 5.74) is 0. The normalized spacial score (nSPS) is 11.5. The standard InChI is InChI=1S/C8H8F3N3O3/c9-8(10,11)2-1-6(15)4-13-5-12-3-7(13)14(16)17/h3,5H,1-2,4H2. The molecule has 1 aromatic heterocycles. The Morgan fingerprint density at radius 3 is 2.71 bits per heavy atom. The zero-order valence-electron chi connectivity index (χ0n) is 8.48. The first-order valence-electron chi connectivity index (χ1n) is 4.52. The van der Waals surface area contributed by atoms with Crippen molar-refractivity contribution in [3.63, 3.8) is 0 Å². The zero-order valence-corrected chi connectivity index (χ0v) is 8.48. The lowest BCUT2D eigenvalue weighted by Crippen LogP contribution is -2.15. The molecule has 0 aliphatic heterocycles. The van der Waals surface area contributed by atoms with Crippen LogP contribution >= 0.6 is 0 Å². The summed E-state index contributed by atoms with van der Waals surface area (Å²) in [6, 6.07) is 0. The molecule has 0 saturated heterocycles. The van der Waals surface area contributed by atoms with Gasteiger partial charge >= 0.3 is 12.0 Å². The van der Waals surface area contributed by atoms with Crippen molar-refractivity contribution in [3.8, 4) is 0 Å². The maximum Gasteiger partial charge on any atom is 0.389 e. The first kappa shape index (κ1) is 13.1. The smallest absolute Gasteiger partial charge is 0.358 e. The second kappa shape index (κ2) is 4.93. The molecule has 6 nitrogen and oxygen atoms in total. The minimum atomic E-state index is -4.41. The molecule has 94 valence electrons. The van der Waals surface area contributed by atoms with Gasteiger partial charge in [-0.15, -0.1) is 0 Å². The molecule has 9 heteroatoms. The van der Waals surface area contributed by atoms with E-state index in [1.165, 1.54) is 0 Å². The Kier molecular flexibility index (Phi) is 3.81. The molecule has 17 heavy (non-hydrogen) atoms. The topological polar surface area (TPSA) is 78.0 Å². The summed E-state index contributed by atoms with van der Waals surface area (Å²) in [4.78, 5) is 24.3. The van der Waals surface area contributed by atoms with Crippen molar-refractivity contribution in [3.05, 3.63) is 22.6 Å². The number of carbonyl (C=O) groups is 1. The summed E-state index contributed by atoms with van der Waals surface area (Å²) >= 11 is 0. The van der Waals surface area contributed by atoms with Gasteiger partial charge in [-0.25, -0.2) is 9.55 Å². The number of ketones is 1. The second-order valence-electron chi connectivity index (χ2n) is 3.29. The highest BCUT2D eigenvalue weighted by molar-refractivity contribution is 5.78. The van der Waals surface area contributed by atoms with Gasteiger partial charge in [-0.1, -0.05) is 0 Å². The Labute approximate surface area is 93.2 Å². The number of halogens is 3. The van der Waals surface area contributed by atoms with Gasteiger partial charge in [0.05, 0.1) is 6.42 Å². The van der Waals surface area contributed by atoms with Crippen LogP contribution in [0.2, 0.25) is 0 Å². The first-order valence-corrected chi connectivity index (χ1v) is 4.52. The van der Waals surface area contributed by atoms with Gasteiger partial charge in [0.2, 0.25) is 0 Å². The third kappa shape index (κ3) is 4.21. The fourth-order valence-corrected chi connectivity index (χ4v) is 1.14. The summed E-state index contributed by atoms with van der Waals surface area (Å²) in [7, 11) is 0. The van der Waals surface area contributed by atoms with Gasteiger partial charge in [0.25, 0.3) is 0 Å². The summed E-state index contributed by atoms with van der Waals surface area (Å²) in [6.45, 7) is -0.480. The van der Waals surface area contributed by atoms with Crippen LogP contribution in [0.25, 0.3) is 0 Å². The molecule has 0 radical (unpaired) electrons. The molecule has 0 N–H and O–H groups in total. The van der Waals surface area contributed by atoms with Crippen LogP contribution in [-0.2, 0) is 11.3 Å². The molecule has 0 aliphatic carbocycles. The van der Waals surface area contributed by atoms with E-state index in [9.17, 15) is 28.1 Å². The Morgan fingerprint density at radius 2 is 2.18 bits per heavy atom. The Balaban J connectivity index is 2.57. The summed E-state index contributed by atoms with van der Waals surface area (Å²) in [5.74, 6) is -1.16. The van der Waals surface area contributed by atoms with Crippen LogP contribution in [0, 0.1) is 10.1 Å². The number of nitrogens with zero attached hydrogens (tertiary/aromatic N) is 3. The molecule has 0 amide bonds. The number of imidazole rings is 1. The third-order valence-corrected chi connectivity index (χ3v) is 1.91. The van der Waals surface area contributed by atoms with Gasteiger partial charge in [-0.3, -0.25) is 4.79 Å². The highest BCUT2D eigenvalue weighted by Gasteiger charge is 2.28. The number of carbonyl (C=O) groups excluding carboxylic acids is 1. The molecule has 1 heterocycles. The summed E-state index contributed by atoms with van der Waals surface area (Å²) in [6.07, 6.45) is -4.37. The summed E-state index contributed by atoms with van der Waals surface area (Å²) in [5, 5.41) is 10.4. The number of aromatic nitrogens is 2. The molecule has 0 fully saturated rings. The monoisotopic (exact) mass is 251 g/mol. The van der Waals surface area contributed by atoms with Crippen molar-refractivity contribution in [1.29, 1.82) is 0 Å². The van der Waals surface area contributed by atoms with Crippen LogP contribution in [0.3, 0.4) is 0 Å². The van der Waals surface area contributed by atoms with Crippen molar-refractivity contribution < 1.29 is 22.9 Å². The Morgan fingerprint density at radius 1 is 1.53 bits per heavy atom. The fourth-order valence-electron chi connectivity index (χ4n) is 1.14. The zero-order chi connectivity index (χ0) is 13.1. The van der Waals surface area contributed by atoms with E-state index in [2.05, 4.69) is 4.98 Å². The van der Waals surface area contributed by atoms with Crippen molar-refractivity contribution in [1.82, 2.24) is 9.55 Å². The molecule has 1 rings (SSSR count). The van der Waals surface area contributed by atoms with Crippen LogP contribution in [0.1, 0.15) is 12.8 Å². The number of rotatable bonds is 5. The van der Waals surface area contributed by atoms with Crippen molar-refractivity contribution in [2.75, 3.05) is 0 Å². The number of hydrogen-bond donors (Lipinski definition) is 0. The highest BCUT2D eigenvalue weighted by atomic mass is 19.4. The van der Waals surface area contributed by atoms with Crippen LogP contribution in [0.4, 0.5) is 19.0 Å². The first-order chi connectivity index (χ1) is 7.79. The van der Waals surface area contributed by atoms with Crippen molar-refractivity contribution in [2.24, 2.45) is 0 Å².